The van der Waals surface area contributed by atoms with Gasteiger partial charge in [-0.05, 0) is 35.8 Å². The van der Waals surface area contributed by atoms with Gasteiger partial charge in [0.15, 0.2) is 0 Å². The van der Waals surface area contributed by atoms with Crippen LogP contribution in [0.15, 0.2) is 11.4 Å². The molecule has 0 aliphatic rings. The van der Waals surface area contributed by atoms with Crippen LogP contribution in [0.1, 0.15) is 25.8 Å². The monoisotopic (exact) mass is 153 g/mol. The maximum Gasteiger partial charge on any atom is 0.0477 e. The summed E-state index contributed by atoms with van der Waals surface area (Å²) >= 11 is 1.67. The maximum atomic E-state index is 3.23. The first kappa shape index (κ1) is 7.80. The van der Waals surface area contributed by atoms with Crippen molar-refractivity contribution in [3.63, 3.8) is 0 Å². The van der Waals surface area contributed by atoms with Gasteiger partial charge in [0.05, 0.1) is 0 Å². The van der Waals surface area contributed by atoms with E-state index in [1.807, 2.05) is 0 Å². The Hall–Kier alpha value is -0.300. The van der Waals surface area contributed by atoms with Crippen molar-refractivity contribution in [2.45, 2.75) is 26.7 Å². The van der Waals surface area contributed by atoms with Gasteiger partial charge in [0, 0.05) is 5.38 Å². The van der Waals surface area contributed by atoms with Crippen molar-refractivity contribution in [1.82, 2.24) is 0 Å². The average Bonchev–Trinajstić information content (AvgIpc) is 2.34. The van der Waals surface area contributed by atoms with E-state index in [1.54, 1.807) is 11.3 Å². The summed E-state index contributed by atoms with van der Waals surface area (Å²) in [6.07, 6.45) is 2.48. The lowest BCUT2D eigenvalue weighted by molar-refractivity contribution is 0.587. The standard InChI is InChI=1S/C9H13S/c1-8(2)3-4-9-5-6-10-7-9/h5-6,8H,3-4H2,1-2H3. The molecule has 0 bridgehead atoms. The molecule has 1 rings (SSSR count). The van der Waals surface area contributed by atoms with Crippen LogP contribution in [-0.4, -0.2) is 0 Å². The van der Waals surface area contributed by atoms with Gasteiger partial charge in [-0.2, -0.15) is 0 Å². The van der Waals surface area contributed by atoms with Crippen LogP contribution in [0.5, 0.6) is 0 Å². The third-order valence-corrected chi connectivity index (χ3v) is 2.17. The second-order valence-electron chi connectivity index (χ2n) is 2.98. The van der Waals surface area contributed by atoms with E-state index in [9.17, 15) is 0 Å². The molecule has 10 heavy (non-hydrogen) atoms. The summed E-state index contributed by atoms with van der Waals surface area (Å²) < 4.78 is 0. The molecule has 0 spiro atoms. The van der Waals surface area contributed by atoms with Gasteiger partial charge in [-0.15, -0.1) is 11.3 Å². The Balaban J connectivity index is 2.28. The van der Waals surface area contributed by atoms with Crippen LogP contribution in [0.3, 0.4) is 0 Å². The summed E-state index contributed by atoms with van der Waals surface area (Å²) in [5, 5.41) is 5.33. The lowest BCUT2D eigenvalue weighted by Crippen LogP contribution is -1.89. The Morgan fingerprint density at radius 1 is 1.60 bits per heavy atom. The lowest BCUT2D eigenvalue weighted by atomic mass is 10.1. The van der Waals surface area contributed by atoms with E-state index >= 15 is 0 Å². The van der Waals surface area contributed by atoms with Gasteiger partial charge >= 0.3 is 0 Å². The molecule has 0 N–H and O–H groups in total. The van der Waals surface area contributed by atoms with E-state index in [0.717, 1.165) is 5.92 Å². The van der Waals surface area contributed by atoms with Gasteiger partial charge in [-0.1, -0.05) is 13.8 Å². The van der Waals surface area contributed by atoms with Crippen LogP contribution in [0, 0.1) is 11.3 Å². The van der Waals surface area contributed by atoms with Crippen LogP contribution >= 0.6 is 11.3 Å². The predicted octanol–water partition coefficient (Wildman–Crippen LogP) is 3.14. The molecule has 0 saturated heterocycles. The molecule has 1 aromatic heterocycles. The molecule has 0 fully saturated rings. The molecule has 0 amide bonds. The molecule has 1 heteroatoms. The Kier molecular flexibility index (Phi) is 2.94. The molecule has 0 unspecified atom stereocenters. The zero-order valence-electron chi connectivity index (χ0n) is 6.55. The predicted molar refractivity (Wildman–Crippen MR) is 46.3 cm³/mol. The van der Waals surface area contributed by atoms with E-state index in [2.05, 4.69) is 30.7 Å². The second-order valence-corrected chi connectivity index (χ2v) is 3.69. The van der Waals surface area contributed by atoms with Crippen molar-refractivity contribution in [2.24, 2.45) is 5.92 Å². The molecule has 1 aromatic rings. The fraction of sp³-hybridized carbons (Fsp3) is 0.556. The molecule has 55 valence electrons. The molecule has 0 aliphatic heterocycles. The van der Waals surface area contributed by atoms with Gasteiger partial charge in [-0.3, -0.25) is 0 Å². The zero-order chi connectivity index (χ0) is 7.40. The topological polar surface area (TPSA) is 0 Å². The molecular weight excluding hydrogens is 140 g/mol. The molecular formula is C9H13S. The Labute approximate surface area is 66.9 Å². The SMILES string of the molecule is CC(C)CCc1[c]scc1. The Bertz CT molecular complexity index is 163. The van der Waals surface area contributed by atoms with Crippen molar-refractivity contribution >= 4 is 11.3 Å². The fourth-order valence-corrected chi connectivity index (χ4v) is 1.46. The van der Waals surface area contributed by atoms with Crippen LogP contribution in [0.2, 0.25) is 0 Å². The zero-order valence-corrected chi connectivity index (χ0v) is 7.37. The van der Waals surface area contributed by atoms with Gasteiger partial charge in [0.25, 0.3) is 0 Å². The minimum atomic E-state index is 0.813. The highest BCUT2D eigenvalue weighted by atomic mass is 32.1. The van der Waals surface area contributed by atoms with Gasteiger partial charge in [-0.25, -0.2) is 0 Å². The van der Waals surface area contributed by atoms with Crippen LogP contribution < -0.4 is 0 Å². The molecule has 0 atom stereocenters. The molecule has 1 radical (unpaired) electrons. The summed E-state index contributed by atoms with van der Waals surface area (Å²) in [5.41, 5.74) is 1.37. The third kappa shape index (κ3) is 2.53. The quantitative estimate of drug-likeness (QED) is 0.626. The number of aryl methyl sites for hydroxylation is 1. The number of rotatable bonds is 3. The van der Waals surface area contributed by atoms with Crippen molar-refractivity contribution < 1.29 is 0 Å². The third-order valence-electron chi connectivity index (χ3n) is 1.52. The van der Waals surface area contributed by atoms with Gasteiger partial charge in [0.1, 0.15) is 0 Å². The Morgan fingerprint density at radius 3 is 2.90 bits per heavy atom. The molecule has 1 heterocycles. The summed E-state index contributed by atoms with van der Waals surface area (Å²) in [4.78, 5) is 0. The highest BCUT2D eigenvalue weighted by Gasteiger charge is 1.96. The van der Waals surface area contributed by atoms with E-state index in [4.69, 9.17) is 0 Å². The van der Waals surface area contributed by atoms with Crippen LogP contribution in [0.4, 0.5) is 0 Å². The average molecular weight is 153 g/mol. The normalized spacial score (nSPS) is 10.7. The van der Waals surface area contributed by atoms with Crippen molar-refractivity contribution in [3.8, 4) is 0 Å². The first-order valence-corrected chi connectivity index (χ1v) is 4.61. The molecule has 0 aliphatic carbocycles. The van der Waals surface area contributed by atoms with Crippen molar-refractivity contribution in [1.29, 1.82) is 0 Å². The highest BCUT2D eigenvalue weighted by molar-refractivity contribution is 7.07. The minimum Gasteiger partial charge on any atom is -0.143 e. The number of hydrogen-bond donors (Lipinski definition) is 0. The summed E-state index contributed by atoms with van der Waals surface area (Å²) in [6.45, 7) is 4.51. The van der Waals surface area contributed by atoms with Crippen molar-refractivity contribution in [2.75, 3.05) is 0 Å². The van der Waals surface area contributed by atoms with Gasteiger partial charge in [0.2, 0.25) is 0 Å². The van der Waals surface area contributed by atoms with E-state index in [0.29, 0.717) is 0 Å². The summed E-state index contributed by atoms with van der Waals surface area (Å²) in [6, 6.07) is 2.16. The summed E-state index contributed by atoms with van der Waals surface area (Å²) in [7, 11) is 0. The lowest BCUT2D eigenvalue weighted by Gasteiger charge is -2.00. The van der Waals surface area contributed by atoms with Crippen LogP contribution in [0.25, 0.3) is 0 Å². The van der Waals surface area contributed by atoms with Crippen molar-refractivity contribution in [3.05, 3.63) is 22.4 Å². The molecule has 0 aromatic carbocycles. The smallest absolute Gasteiger partial charge is 0.0477 e. The largest absolute Gasteiger partial charge is 0.143 e. The minimum absolute atomic E-state index is 0.813. The maximum absolute atomic E-state index is 3.23. The number of hydrogen-bond acceptors (Lipinski definition) is 1. The van der Waals surface area contributed by atoms with Crippen LogP contribution in [-0.2, 0) is 6.42 Å². The number of thiophene rings is 1. The Morgan fingerprint density at radius 2 is 2.40 bits per heavy atom. The van der Waals surface area contributed by atoms with Gasteiger partial charge < -0.3 is 0 Å². The highest BCUT2D eigenvalue weighted by Crippen LogP contribution is 2.10. The molecule has 0 saturated carbocycles. The fourth-order valence-electron chi connectivity index (χ4n) is 0.838. The summed E-state index contributed by atoms with van der Waals surface area (Å²) in [5.74, 6) is 0.813. The first-order chi connectivity index (χ1) is 4.79. The van der Waals surface area contributed by atoms with E-state index in [-0.39, 0.29) is 0 Å². The first-order valence-electron chi connectivity index (χ1n) is 3.73. The second kappa shape index (κ2) is 3.77. The van der Waals surface area contributed by atoms with E-state index < -0.39 is 0 Å². The molecule has 0 nitrogen and oxygen atoms in total. The van der Waals surface area contributed by atoms with E-state index in [1.165, 1.54) is 18.4 Å².